The van der Waals surface area contributed by atoms with Crippen molar-refractivity contribution in [2.24, 2.45) is 0 Å². The van der Waals surface area contributed by atoms with Gasteiger partial charge in [-0.2, -0.15) is 0 Å². The lowest BCUT2D eigenvalue weighted by Crippen LogP contribution is -2.35. The Labute approximate surface area is 153 Å². The zero-order valence-corrected chi connectivity index (χ0v) is 16.3. The molecule has 0 amide bonds. The van der Waals surface area contributed by atoms with Crippen LogP contribution in [0.25, 0.3) is 10.6 Å². The van der Waals surface area contributed by atoms with Crippen molar-refractivity contribution >= 4 is 21.2 Å². The molecular formula is C18H24N2O3S2. The van der Waals surface area contributed by atoms with Crippen molar-refractivity contribution in [1.82, 2.24) is 9.88 Å². The van der Waals surface area contributed by atoms with Crippen molar-refractivity contribution in [3.8, 4) is 16.3 Å². The molecule has 1 aliphatic heterocycles. The summed E-state index contributed by atoms with van der Waals surface area (Å²) >= 11 is 1.62. The second-order valence-electron chi connectivity index (χ2n) is 6.22. The number of benzene rings is 1. The number of rotatable bonds is 7. The molecule has 0 unspecified atom stereocenters. The highest BCUT2D eigenvalue weighted by Crippen LogP contribution is 2.27. The predicted octanol–water partition coefficient (Wildman–Crippen LogP) is 3.22. The van der Waals surface area contributed by atoms with Gasteiger partial charge in [0, 0.05) is 23.5 Å². The van der Waals surface area contributed by atoms with Gasteiger partial charge in [-0.25, -0.2) is 13.4 Å². The smallest absolute Gasteiger partial charge is 0.151 e. The summed E-state index contributed by atoms with van der Waals surface area (Å²) in [6.45, 7) is 6.23. The van der Waals surface area contributed by atoms with Gasteiger partial charge in [-0.15, -0.1) is 11.3 Å². The number of thiazole rings is 1. The molecule has 2 aromatic rings. The first-order valence-electron chi connectivity index (χ1n) is 8.63. The molecule has 25 heavy (non-hydrogen) atoms. The van der Waals surface area contributed by atoms with Crippen molar-refractivity contribution in [3.63, 3.8) is 0 Å². The van der Waals surface area contributed by atoms with Gasteiger partial charge in [-0.1, -0.05) is 6.92 Å². The molecular weight excluding hydrogens is 356 g/mol. The van der Waals surface area contributed by atoms with Gasteiger partial charge in [0.05, 0.1) is 23.8 Å². The summed E-state index contributed by atoms with van der Waals surface area (Å²) in [5.74, 6) is 1.45. The van der Waals surface area contributed by atoms with Crippen molar-refractivity contribution in [1.29, 1.82) is 0 Å². The molecule has 7 heteroatoms. The number of nitrogens with zero attached hydrogens (tertiary/aromatic N) is 2. The quantitative estimate of drug-likeness (QED) is 0.738. The molecule has 3 rings (SSSR count). The van der Waals surface area contributed by atoms with E-state index in [2.05, 4.69) is 17.2 Å². The lowest BCUT2D eigenvalue weighted by atomic mass is 10.2. The first-order valence-corrected chi connectivity index (χ1v) is 11.3. The van der Waals surface area contributed by atoms with Crippen molar-refractivity contribution in [2.45, 2.75) is 32.9 Å². The minimum Gasteiger partial charge on any atom is -0.494 e. The van der Waals surface area contributed by atoms with Crippen LogP contribution >= 0.6 is 11.3 Å². The van der Waals surface area contributed by atoms with Gasteiger partial charge < -0.3 is 4.74 Å². The summed E-state index contributed by atoms with van der Waals surface area (Å²) in [6.07, 6.45) is 0.728. The average molecular weight is 381 g/mol. The SMILES string of the molecule is CCOc1ccc(-c2nc(CN(CC)[C@@H]3CCS(=O)(=O)C3)cs2)cc1. The van der Waals surface area contributed by atoms with Crippen molar-refractivity contribution < 1.29 is 13.2 Å². The van der Waals surface area contributed by atoms with Gasteiger partial charge in [0.15, 0.2) is 9.84 Å². The molecule has 0 spiro atoms. The Balaban J connectivity index is 1.68. The molecule has 0 bridgehead atoms. The number of aromatic nitrogens is 1. The second kappa shape index (κ2) is 7.85. The summed E-state index contributed by atoms with van der Waals surface area (Å²) in [4.78, 5) is 6.96. The maximum absolute atomic E-state index is 11.7. The summed E-state index contributed by atoms with van der Waals surface area (Å²) in [7, 11) is -2.86. The summed E-state index contributed by atoms with van der Waals surface area (Å²) < 4.78 is 28.9. The van der Waals surface area contributed by atoms with E-state index in [9.17, 15) is 8.42 Å². The summed E-state index contributed by atoms with van der Waals surface area (Å²) in [5, 5.41) is 3.05. The maximum Gasteiger partial charge on any atom is 0.151 e. The molecule has 1 saturated heterocycles. The third-order valence-electron chi connectivity index (χ3n) is 4.46. The van der Waals surface area contributed by atoms with E-state index in [4.69, 9.17) is 9.72 Å². The van der Waals surface area contributed by atoms with E-state index in [1.807, 2.05) is 31.2 Å². The molecule has 5 nitrogen and oxygen atoms in total. The standard InChI is InChI=1S/C18H24N2O3S2/c1-3-20(16-9-10-25(21,22)13-16)11-15-12-24-18(19-15)14-5-7-17(8-6-14)23-4-2/h5-8,12,16H,3-4,9-11,13H2,1-2H3/t16-/m1/s1. The Morgan fingerprint density at radius 1 is 1.28 bits per heavy atom. The molecule has 136 valence electrons. The number of hydrogen-bond acceptors (Lipinski definition) is 6. The number of sulfone groups is 1. The van der Waals surface area contributed by atoms with Crippen LogP contribution in [0.1, 0.15) is 26.0 Å². The minimum atomic E-state index is -2.86. The monoisotopic (exact) mass is 380 g/mol. The molecule has 2 heterocycles. The van der Waals surface area contributed by atoms with Crippen LogP contribution in [0.15, 0.2) is 29.6 Å². The Hall–Kier alpha value is -1.44. The molecule has 1 fully saturated rings. The Bertz CT molecular complexity index is 800. The highest BCUT2D eigenvalue weighted by Gasteiger charge is 2.31. The van der Waals surface area contributed by atoms with E-state index in [1.165, 1.54) is 0 Å². The van der Waals surface area contributed by atoms with Crippen LogP contribution in [0.3, 0.4) is 0 Å². The van der Waals surface area contributed by atoms with E-state index < -0.39 is 9.84 Å². The van der Waals surface area contributed by atoms with E-state index in [0.29, 0.717) is 18.9 Å². The van der Waals surface area contributed by atoms with E-state index in [0.717, 1.165) is 35.0 Å². The fourth-order valence-corrected chi connectivity index (χ4v) is 5.72. The molecule has 0 radical (unpaired) electrons. The largest absolute Gasteiger partial charge is 0.494 e. The Kier molecular flexibility index (Phi) is 5.76. The Morgan fingerprint density at radius 2 is 2.04 bits per heavy atom. The zero-order valence-electron chi connectivity index (χ0n) is 14.6. The lowest BCUT2D eigenvalue weighted by Gasteiger charge is -2.25. The molecule has 0 N–H and O–H groups in total. The Morgan fingerprint density at radius 3 is 2.64 bits per heavy atom. The zero-order chi connectivity index (χ0) is 17.9. The van der Waals surface area contributed by atoms with Crippen LogP contribution in [0, 0.1) is 0 Å². The van der Waals surface area contributed by atoms with Crippen LogP contribution in [0.4, 0.5) is 0 Å². The van der Waals surface area contributed by atoms with Crippen LogP contribution in [-0.4, -0.2) is 49.0 Å². The van der Waals surface area contributed by atoms with E-state index in [1.54, 1.807) is 11.3 Å². The molecule has 0 aliphatic carbocycles. The van der Waals surface area contributed by atoms with Gasteiger partial charge in [-0.05, 0) is 44.2 Å². The van der Waals surface area contributed by atoms with Crippen LogP contribution < -0.4 is 4.74 Å². The highest BCUT2D eigenvalue weighted by atomic mass is 32.2. The van der Waals surface area contributed by atoms with E-state index in [-0.39, 0.29) is 11.8 Å². The van der Waals surface area contributed by atoms with Crippen LogP contribution in [-0.2, 0) is 16.4 Å². The number of hydrogen-bond donors (Lipinski definition) is 0. The third kappa shape index (κ3) is 4.59. The first-order chi connectivity index (χ1) is 12.0. The summed E-state index contributed by atoms with van der Waals surface area (Å²) in [5.41, 5.74) is 2.08. The van der Waals surface area contributed by atoms with Crippen molar-refractivity contribution in [2.75, 3.05) is 24.7 Å². The van der Waals surface area contributed by atoms with Gasteiger partial charge in [-0.3, -0.25) is 4.90 Å². The minimum absolute atomic E-state index is 0.116. The van der Waals surface area contributed by atoms with E-state index >= 15 is 0 Å². The number of ether oxygens (including phenoxy) is 1. The second-order valence-corrected chi connectivity index (χ2v) is 9.31. The van der Waals surface area contributed by atoms with Crippen LogP contribution in [0.5, 0.6) is 5.75 Å². The predicted molar refractivity (Wildman–Crippen MR) is 102 cm³/mol. The third-order valence-corrected chi connectivity index (χ3v) is 7.15. The molecule has 1 aromatic heterocycles. The molecule has 1 aliphatic rings. The van der Waals surface area contributed by atoms with Gasteiger partial charge in [0.1, 0.15) is 10.8 Å². The van der Waals surface area contributed by atoms with Gasteiger partial charge in [0.25, 0.3) is 0 Å². The normalized spacial score (nSPS) is 19.4. The van der Waals surface area contributed by atoms with Gasteiger partial charge in [0.2, 0.25) is 0 Å². The van der Waals surface area contributed by atoms with Crippen LogP contribution in [0.2, 0.25) is 0 Å². The molecule has 0 saturated carbocycles. The maximum atomic E-state index is 11.7. The lowest BCUT2D eigenvalue weighted by molar-refractivity contribution is 0.213. The van der Waals surface area contributed by atoms with Gasteiger partial charge >= 0.3 is 0 Å². The van der Waals surface area contributed by atoms with Crippen molar-refractivity contribution in [3.05, 3.63) is 35.3 Å². The average Bonchev–Trinajstić information content (AvgIpc) is 3.20. The first kappa shape index (κ1) is 18.4. The summed E-state index contributed by atoms with van der Waals surface area (Å²) in [6, 6.07) is 8.08. The molecule has 1 atom stereocenters. The highest BCUT2D eigenvalue weighted by molar-refractivity contribution is 7.91. The molecule has 1 aromatic carbocycles. The fraction of sp³-hybridized carbons (Fsp3) is 0.500. The topological polar surface area (TPSA) is 59.5 Å². The fourth-order valence-electron chi connectivity index (χ4n) is 3.14.